The van der Waals surface area contributed by atoms with Gasteiger partial charge in [0, 0.05) is 18.2 Å². The number of hydrogen-bond donors (Lipinski definition) is 0. The average Bonchev–Trinajstić information content (AvgIpc) is 3.17. The number of benzene rings is 3. The van der Waals surface area contributed by atoms with Crippen molar-refractivity contribution in [1.29, 1.82) is 5.26 Å². The summed E-state index contributed by atoms with van der Waals surface area (Å²) in [5, 5.41) is 10.1. The molecule has 3 aromatic carbocycles. The van der Waals surface area contributed by atoms with Gasteiger partial charge in [-0.3, -0.25) is 9.69 Å². The van der Waals surface area contributed by atoms with E-state index in [2.05, 4.69) is 11.1 Å². The summed E-state index contributed by atoms with van der Waals surface area (Å²) in [7, 11) is 1.73. The van der Waals surface area contributed by atoms with Crippen molar-refractivity contribution >= 4 is 32.6 Å². The molecule has 1 aromatic heterocycles. The van der Waals surface area contributed by atoms with Gasteiger partial charge in [-0.1, -0.05) is 59.9 Å². The number of rotatable bonds is 3. The predicted octanol–water partition coefficient (Wildman–Crippen LogP) is 5.11. The monoisotopic (exact) mass is 369 g/mol. The van der Waals surface area contributed by atoms with Gasteiger partial charge in [0.2, 0.25) is 0 Å². The highest BCUT2D eigenvalue weighted by atomic mass is 32.1. The zero-order valence-corrected chi connectivity index (χ0v) is 15.4. The van der Waals surface area contributed by atoms with Crippen LogP contribution in [0.15, 0.2) is 72.8 Å². The van der Waals surface area contributed by atoms with E-state index in [1.807, 2.05) is 60.7 Å². The fraction of sp³-hybridized carbons (Fsp3) is 0.0455. The smallest absolute Gasteiger partial charge is 0.260 e. The van der Waals surface area contributed by atoms with Crippen LogP contribution in [0.2, 0.25) is 0 Å². The zero-order chi connectivity index (χ0) is 18.8. The molecule has 1 amide bonds. The lowest BCUT2D eigenvalue weighted by molar-refractivity contribution is 0.0993. The largest absolute Gasteiger partial charge is 0.287 e. The first kappa shape index (κ1) is 17.0. The van der Waals surface area contributed by atoms with Gasteiger partial charge in [0.05, 0.1) is 21.8 Å². The van der Waals surface area contributed by atoms with Crippen molar-refractivity contribution < 1.29 is 4.79 Å². The maximum Gasteiger partial charge on any atom is 0.260 e. The summed E-state index contributed by atoms with van der Waals surface area (Å²) in [5.41, 5.74) is 3.46. The summed E-state index contributed by atoms with van der Waals surface area (Å²) in [4.78, 5) is 19.4. The third kappa shape index (κ3) is 3.07. The third-order valence-corrected chi connectivity index (χ3v) is 5.48. The number of thiazole rings is 1. The van der Waals surface area contributed by atoms with Crippen LogP contribution in [-0.2, 0) is 0 Å². The molecule has 0 saturated carbocycles. The minimum atomic E-state index is -0.155. The van der Waals surface area contributed by atoms with E-state index in [0.29, 0.717) is 16.3 Å². The first-order valence-electron chi connectivity index (χ1n) is 8.41. The molecule has 27 heavy (non-hydrogen) atoms. The van der Waals surface area contributed by atoms with E-state index in [1.54, 1.807) is 24.1 Å². The van der Waals surface area contributed by atoms with Gasteiger partial charge in [-0.15, -0.1) is 0 Å². The highest BCUT2D eigenvalue weighted by Crippen LogP contribution is 2.31. The minimum Gasteiger partial charge on any atom is -0.287 e. The van der Waals surface area contributed by atoms with E-state index < -0.39 is 0 Å². The van der Waals surface area contributed by atoms with Crippen LogP contribution in [0.1, 0.15) is 15.9 Å². The molecule has 4 aromatic rings. The maximum atomic E-state index is 13.2. The topological polar surface area (TPSA) is 57.0 Å². The number of fused-ring (bicyclic) bond motifs is 1. The van der Waals surface area contributed by atoms with Crippen molar-refractivity contribution in [2.45, 2.75) is 0 Å². The summed E-state index contributed by atoms with van der Waals surface area (Å²) in [6, 6.07) is 24.7. The SMILES string of the molecule is CN(C(=O)c1ccccc1-c1ccccc1C#N)c1nc2ccccc2s1. The molecule has 0 aliphatic heterocycles. The Kier molecular flexibility index (Phi) is 4.41. The summed E-state index contributed by atoms with van der Waals surface area (Å²) >= 11 is 1.48. The first-order valence-corrected chi connectivity index (χ1v) is 9.23. The molecular formula is C22H15N3OS. The molecule has 130 valence electrons. The van der Waals surface area contributed by atoms with Crippen LogP contribution < -0.4 is 4.90 Å². The first-order chi connectivity index (χ1) is 13.2. The van der Waals surface area contributed by atoms with Crippen molar-refractivity contribution in [1.82, 2.24) is 4.98 Å². The second-order valence-electron chi connectivity index (χ2n) is 6.03. The Hall–Kier alpha value is -3.49. The number of para-hydroxylation sites is 1. The van der Waals surface area contributed by atoms with Crippen LogP contribution in [0.4, 0.5) is 5.13 Å². The van der Waals surface area contributed by atoms with E-state index in [4.69, 9.17) is 0 Å². The lowest BCUT2D eigenvalue weighted by Gasteiger charge is -2.17. The van der Waals surface area contributed by atoms with E-state index in [-0.39, 0.29) is 5.91 Å². The lowest BCUT2D eigenvalue weighted by atomic mass is 9.95. The minimum absolute atomic E-state index is 0.155. The lowest BCUT2D eigenvalue weighted by Crippen LogP contribution is -2.26. The summed E-state index contributed by atoms with van der Waals surface area (Å²) in [5.74, 6) is -0.155. The van der Waals surface area contributed by atoms with Crippen LogP contribution in [0.25, 0.3) is 21.3 Å². The van der Waals surface area contributed by atoms with Gasteiger partial charge in [0.15, 0.2) is 5.13 Å². The fourth-order valence-electron chi connectivity index (χ4n) is 2.99. The number of carbonyl (C=O) groups excluding carboxylic acids is 1. The summed E-state index contributed by atoms with van der Waals surface area (Å²) in [6.07, 6.45) is 0. The Bertz CT molecular complexity index is 1160. The Morgan fingerprint density at radius 3 is 2.41 bits per heavy atom. The van der Waals surface area contributed by atoms with Crippen molar-refractivity contribution in [3.63, 3.8) is 0 Å². The molecule has 0 bridgehead atoms. The van der Waals surface area contributed by atoms with Gasteiger partial charge in [0.1, 0.15) is 0 Å². The number of carbonyl (C=O) groups is 1. The third-order valence-electron chi connectivity index (χ3n) is 4.37. The van der Waals surface area contributed by atoms with Gasteiger partial charge in [-0.05, 0) is 29.8 Å². The fourth-order valence-corrected chi connectivity index (χ4v) is 3.92. The molecule has 1 heterocycles. The predicted molar refractivity (Wildman–Crippen MR) is 109 cm³/mol. The normalized spacial score (nSPS) is 10.5. The highest BCUT2D eigenvalue weighted by Gasteiger charge is 2.21. The van der Waals surface area contributed by atoms with E-state index in [9.17, 15) is 10.1 Å². The molecule has 0 spiro atoms. The number of aromatic nitrogens is 1. The van der Waals surface area contributed by atoms with Crippen LogP contribution in [-0.4, -0.2) is 17.9 Å². The number of nitriles is 1. The van der Waals surface area contributed by atoms with Crippen molar-refractivity contribution in [2.75, 3.05) is 11.9 Å². The van der Waals surface area contributed by atoms with E-state index in [1.165, 1.54) is 11.3 Å². The molecule has 4 nitrogen and oxygen atoms in total. The van der Waals surface area contributed by atoms with Crippen molar-refractivity contribution in [2.24, 2.45) is 0 Å². The molecule has 0 unspecified atom stereocenters. The summed E-state index contributed by atoms with van der Waals surface area (Å²) < 4.78 is 1.04. The van der Waals surface area contributed by atoms with Crippen molar-refractivity contribution in [3.8, 4) is 17.2 Å². The van der Waals surface area contributed by atoms with Crippen LogP contribution >= 0.6 is 11.3 Å². The molecular weight excluding hydrogens is 354 g/mol. The highest BCUT2D eigenvalue weighted by molar-refractivity contribution is 7.22. The second-order valence-corrected chi connectivity index (χ2v) is 7.04. The zero-order valence-electron chi connectivity index (χ0n) is 14.6. The molecule has 0 aliphatic carbocycles. The van der Waals surface area contributed by atoms with Crippen LogP contribution in [0.5, 0.6) is 0 Å². The molecule has 0 saturated heterocycles. The molecule has 0 aliphatic rings. The van der Waals surface area contributed by atoms with E-state index >= 15 is 0 Å². The Morgan fingerprint density at radius 2 is 1.63 bits per heavy atom. The molecule has 5 heteroatoms. The van der Waals surface area contributed by atoms with E-state index in [0.717, 1.165) is 21.3 Å². The van der Waals surface area contributed by atoms with Gasteiger partial charge in [0.25, 0.3) is 5.91 Å². The van der Waals surface area contributed by atoms with Crippen LogP contribution in [0, 0.1) is 11.3 Å². The Balaban J connectivity index is 1.77. The molecule has 0 radical (unpaired) electrons. The molecule has 0 fully saturated rings. The number of amides is 1. The summed E-state index contributed by atoms with van der Waals surface area (Å²) in [6.45, 7) is 0. The number of hydrogen-bond acceptors (Lipinski definition) is 4. The van der Waals surface area contributed by atoms with Gasteiger partial charge >= 0.3 is 0 Å². The number of anilines is 1. The Labute approximate surface area is 160 Å². The Morgan fingerprint density at radius 1 is 0.963 bits per heavy atom. The quantitative estimate of drug-likeness (QED) is 0.504. The van der Waals surface area contributed by atoms with Gasteiger partial charge < -0.3 is 0 Å². The van der Waals surface area contributed by atoms with Crippen LogP contribution in [0.3, 0.4) is 0 Å². The standard InChI is InChI=1S/C22H15N3OS/c1-25(22-24-19-12-6-7-13-20(19)27-22)21(26)18-11-5-4-10-17(18)16-9-3-2-8-15(16)14-23/h2-13H,1H3. The average molecular weight is 369 g/mol. The van der Waals surface area contributed by atoms with Gasteiger partial charge in [-0.25, -0.2) is 4.98 Å². The van der Waals surface area contributed by atoms with Crippen molar-refractivity contribution in [3.05, 3.63) is 83.9 Å². The maximum absolute atomic E-state index is 13.2. The molecule has 4 rings (SSSR count). The number of nitrogens with zero attached hydrogens (tertiary/aromatic N) is 3. The molecule has 0 N–H and O–H groups in total. The second kappa shape index (κ2) is 7.02. The van der Waals surface area contributed by atoms with Gasteiger partial charge in [-0.2, -0.15) is 5.26 Å². The molecule has 0 atom stereocenters.